The zero-order chi connectivity index (χ0) is 24.5. The lowest BCUT2D eigenvalue weighted by Gasteiger charge is -2.36. The summed E-state index contributed by atoms with van der Waals surface area (Å²) in [5, 5.41) is 4.04. The minimum atomic E-state index is 0.134. The number of ketones is 1. The Balaban J connectivity index is 1.58. The van der Waals surface area contributed by atoms with Crippen molar-refractivity contribution in [1.82, 2.24) is 9.88 Å². The minimum Gasteiger partial charge on any atom is -0.494 e. The van der Waals surface area contributed by atoms with Crippen LogP contribution >= 0.6 is 0 Å². The molecule has 1 aromatic heterocycles. The first kappa shape index (κ1) is 23.4. The molecule has 0 spiro atoms. The highest BCUT2D eigenvalue weighted by molar-refractivity contribution is 6.10. The maximum absolute atomic E-state index is 13.3. The van der Waals surface area contributed by atoms with Crippen molar-refractivity contribution in [2.24, 2.45) is 17.0 Å². The van der Waals surface area contributed by atoms with Gasteiger partial charge in [0.15, 0.2) is 5.78 Å². The number of nitrogens with zero attached hydrogens (tertiary/aromatic N) is 4. The van der Waals surface area contributed by atoms with Crippen molar-refractivity contribution in [2.75, 3.05) is 45.7 Å². The molecule has 0 atom stereocenters. The van der Waals surface area contributed by atoms with Gasteiger partial charge < -0.3 is 14.5 Å². The topological polar surface area (TPSA) is 75.1 Å². The molecule has 2 aliphatic rings. The molecule has 1 saturated carbocycles. The molecule has 0 radical (unpaired) electrons. The van der Waals surface area contributed by atoms with Crippen LogP contribution in [0, 0.1) is 16.7 Å². The first-order valence-electron chi connectivity index (χ1n) is 12.4. The molecule has 2 aromatic carbocycles. The number of Topliss-reactive ketones (excluding diaryl/α,β-unsaturated/α-hetero) is 1. The maximum atomic E-state index is 13.3. The quantitative estimate of drug-likeness (QED) is 0.310. The van der Waals surface area contributed by atoms with Crippen molar-refractivity contribution in [1.29, 1.82) is 0 Å². The van der Waals surface area contributed by atoms with E-state index in [9.17, 15) is 9.70 Å². The summed E-state index contributed by atoms with van der Waals surface area (Å²) in [5.41, 5.74) is 4.83. The molecule has 0 bridgehead atoms. The highest BCUT2D eigenvalue weighted by Crippen LogP contribution is 2.41. The smallest absolute Gasteiger partial charge is 0.169 e. The number of hydrogen-bond acceptors (Lipinski definition) is 7. The third-order valence-corrected chi connectivity index (χ3v) is 7.22. The molecule has 182 valence electrons. The summed E-state index contributed by atoms with van der Waals surface area (Å²) < 4.78 is 5.36. The van der Waals surface area contributed by atoms with E-state index in [4.69, 9.17) is 4.74 Å². The van der Waals surface area contributed by atoms with Gasteiger partial charge in [-0.15, -0.1) is 4.91 Å². The summed E-state index contributed by atoms with van der Waals surface area (Å²) in [5.74, 6) is 1.47. The fourth-order valence-corrected chi connectivity index (χ4v) is 5.23. The van der Waals surface area contributed by atoms with Gasteiger partial charge in [-0.1, -0.05) is 12.1 Å². The maximum Gasteiger partial charge on any atom is 0.169 e. The van der Waals surface area contributed by atoms with Crippen LogP contribution in [0.15, 0.2) is 47.8 Å². The molecule has 0 unspecified atom stereocenters. The molecule has 7 heteroatoms. The zero-order valence-corrected chi connectivity index (χ0v) is 20.7. The molecular formula is C28H32N4O3. The Hall–Kier alpha value is -3.32. The number of fused-ring (bicyclic) bond motifs is 1. The number of carbonyl (C=O) groups excluding carboxylic acids is 1. The lowest BCUT2D eigenvalue weighted by molar-refractivity contribution is 0.0968. The Morgan fingerprint density at radius 2 is 1.80 bits per heavy atom. The van der Waals surface area contributed by atoms with Gasteiger partial charge in [-0.3, -0.25) is 9.78 Å². The predicted octanol–water partition coefficient (Wildman–Crippen LogP) is 5.68. The number of rotatable bonds is 8. The van der Waals surface area contributed by atoms with Gasteiger partial charge in [-0.25, -0.2) is 0 Å². The number of ether oxygens (including phenoxy) is 1. The summed E-state index contributed by atoms with van der Waals surface area (Å²) in [6, 6.07) is 11.5. The Labute approximate surface area is 206 Å². The Bertz CT molecular complexity index is 1260. The fourth-order valence-electron chi connectivity index (χ4n) is 5.23. The molecule has 2 fully saturated rings. The van der Waals surface area contributed by atoms with Crippen LogP contribution in [0.4, 0.5) is 11.4 Å². The van der Waals surface area contributed by atoms with Crippen LogP contribution in [0.1, 0.15) is 36.0 Å². The van der Waals surface area contributed by atoms with E-state index in [1.807, 2.05) is 24.3 Å². The molecule has 3 aromatic rings. The van der Waals surface area contributed by atoms with E-state index in [0.29, 0.717) is 11.7 Å². The third kappa shape index (κ3) is 4.78. The largest absolute Gasteiger partial charge is 0.494 e. The van der Waals surface area contributed by atoms with Crippen molar-refractivity contribution >= 4 is 28.1 Å². The molecule has 1 aliphatic carbocycles. The van der Waals surface area contributed by atoms with E-state index < -0.39 is 0 Å². The predicted molar refractivity (Wildman–Crippen MR) is 140 cm³/mol. The number of carbonyl (C=O) groups is 1. The fraction of sp³-hybridized carbons (Fsp3) is 0.429. The Morgan fingerprint density at radius 1 is 1.09 bits per heavy atom. The molecule has 5 rings (SSSR count). The highest BCUT2D eigenvalue weighted by Gasteiger charge is 2.34. The second-order valence-electron chi connectivity index (χ2n) is 10.1. The molecule has 2 heterocycles. The van der Waals surface area contributed by atoms with Crippen LogP contribution in [0.3, 0.4) is 0 Å². The zero-order valence-electron chi connectivity index (χ0n) is 20.7. The van der Waals surface area contributed by atoms with E-state index >= 15 is 0 Å². The minimum absolute atomic E-state index is 0.134. The third-order valence-electron chi connectivity index (χ3n) is 7.22. The first-order chi connectivity index (χ1) is 17.0. The monoisotopic (exact) mass is 472 g/mol. The number of benzene rings is 2. The van der Waals surface area contributed by atoms with Gasteiger partial charge in [0.2, 0.25) is 0 Å². The van der Waals surface area contributed by atoms with Crippen molar-refractivity contribution < 1.29 is 9.53 Å². The molecule has 7 nitrogen and oxygen atoms in total. The SMILES string of the molecule is COc1cc(-c2ccc3ncc(C(=O)C4CC4)c(N4CCC(CN(C)C)CC4)c3c2)ccc1N=O. The number of nitroso groups, excluding NO2 is 1. The molecule has 35 heavy (non-hydrogen) atoms. The van der Waals surface area contributed by atoms with Crippen LogP contribution in [0.2, 0.25) is 0 Å². The molecular weight excluding hydrogens is 440 g/mol. The van der Waals surface area contributed by atoms with E-state index in [1.54, 1.807) is 12.3 Å². The summed E-state index contributed by atoms with van der Waals surface area (Å²) in [6.07, 6.45) is 5.94. The molecule has 1 aliphatic heterocycles. The number of piperidine rings is 1. The van der Waals surface area contributed by atoms with E-state index in [1.165, 1.54) is 7.11 Å². The lowest BCUT2D eigenvalue weighted by Crippen LogP contribution is -2.38. The lowest BCUT2D eigenvalue weighted by atomic mass is 9.93. The van der Waals surface area contributed by atoms with Gasteiger partial charge in [-0.05, 0) is 86.3 Å². The molecule has 0 amide bonds. The Morgan fingerprint density at radius 3 is 2.46 bits per heavy atom. The summed E-state index contributed by atoms with van der Waals surface area (Å²) in [4.78, 5) is 33.7. The van der Waals surface area contributed by atoms with Crippen molar-refractivity contribution in [3.8, 4) is 16.9 Å². The second-order valence-corrected chi connectivity index (χ2v) is 10.1. The highest BCUT2D eigenvalue weighted by atomic mass is 16.5. The van der Waals surface area contributed by atoms with Gasteiger partial charge in [0.1, 0.15) is 11.4 Å². The normalized spacial score (nSPS) is 16.6. The summed E-state index contributed by atoms with van der Waals surface area (Å²) in [6.45, 7) is 2.96. The van der Waals surface area contributed by atoms with Crippen LogP contribution in [0.5, 0.6) is 5.75 Å². The summed E-state index contributed by atoms with van der Waals surface area (Å²) in [7, 11) is 5.79. The van der Waals surface area contributed by atoms with E-state index in [0.717, 1.165) is 78.6 Å². The number of aromatic nitrogens is 1. The average molecular weight is 473 g/mol. The van der Waals surface area contributed by atoms with Crippen molar-refractivity contribution in [3.63, 3.8) is 0 Å². The standard InChI is InChI=1S/C28H32N4O3/c1-31(2)17-18-10-12-32(13-11-18)27-22-14-20(21-7-9-25(30-34)26(15-21)35-3)6-8-24(22)29-16-23(27)28(33)19-4-5-19/h6-9,14-16,18-19H,4-5,10-13,17H2,1-3H3. The van der Waals surface area contributed by atoms with Crippen LogP contribution in [-0.2, 0) is 0 Å². The second kappa shape index (κ2) is 9.74. The summed E-state index contributed by atoms with van der Waals surface area (Å²) >= 11 is 0. The van der Waals surface area contributed by atoms with Crippen LogP contribution in [0.25, 0.3) is 22.0 Å². The Kier molecular flexibility index (Phi) is 6.52. The van der Waals surface area contributed by atoms with Gasteiger partial charge in [0, 0.05) is 37.1 Å². The van der Waals surface area contributed by atoms with Crippen LogP contribution in [-0.4, -0.2) is 56.5 Å². The van der Waals surface area contributed by atoms with Crippen molar-refractivity contribution in [2.45, 2.75) is 25.7 Å². The number of anilines is 1. The van der Waals surface area contributed by atoms with Gasteiger partial charge in [-0.2, -0.15) is 0 Å². The number of hydrogen-bond donors (Lipinski definition) is 0. The average Bonchev–Trinajstić information content (AvgIpc) is 3.73. The number of methoxy groups -OCH3 is 1. The van der Waals surface area contributed by atoms with Gasteiger partial charge in [0.25, 0.3) is 0 Å². The molecule has 0 N–H and O–H groups in total. The van der Waals surface area contributed by atoms with E-state index in [2.05, 4.69) is 40.1 Å². The number of pyridine rings is 1. The van der Waals surface area contributed by atoms with Gasteiger partial charge >= 0.3 is 0 Å². The van der Waals surface area contributed by atoms with Crippen LogP contribution < -0.4 is 9.64 Å². The molecule has 1 saturated heterocycles. The van der Waals surface area contributed by atoms with E-state index in [-0.39, 0.29) is 17.4 Å². The first-order valence-corrected chi connectivity index (χ1v) is 12.4. The van der Waals surface area contributed by atoms with Gasteiger partial charge in [0.05, 0.1) is 23.9 Å². The van der Waals surface area contributed by atoms with Crippen molar-refractivity contribution in [3.05, 3.63) is 53.1 Å².